The maximum atomic E-state index is 13.3. The molecule has 0 radical (unpaired) electrons. The van der Waals surface area contributed by atoms with Crippen molar-refractivity contribution in [3.8, 4) is 0 Å². The molecule has 0 spiro atoms. The minimum Gasteiger partial charge on any atom is -0.340 e. The molecule has 2 saturated heterocycles. The number of hydrogen-bond donors (Lipinski definition) is 0. The van der Waals surface area contributed by atoms with Crippen LogP contribution < -0.4 is 0 Å². The molecule has 0 atom stereocenters. The predicted molar refractivity (Wildman–Crippen MR) is 121 cm³/mol. The van der Waals surface area contributed by atoms with Crippen LogP contribution in [0.2, 0.25) is 0 Å². The van der Waals surface area contributed by atoms with Crippen molar-refractivity contribution in [2.24, 2.45) is 5.92 Å². The van der Waals surface area contributed by atoms with Crippen LogP contribution in [0.4, 0.5) is 13.2 Å². The van der Waals surface area contributed by atoms with Crippen LogP contribution >= 0.6 is 0 Å². The van der Waals surface area contributed by atoms with Crippen molar-refractivity contribution in [2.45, 2.75) is 30.5 Å². The lowest BCUT2D eigenvalue weighted by atomic mass is 9.96. The van der Waals surface area contributed by atoms with Crippen molar-refractivity contribution in [3.05, 3.63) is 65.7 Å². The first-order chi connectivity index (χ1) is 16.2. The number of rotatable bonds is 5. The fourth-order valence-electron chi connectivity index (χ4n) is 4.63. The molecule has 4 rings (SSSR count). The standard InChI is InChI=1S/C24H28F3N3O3S/c25-24(26,27)21-8-4-5-9-22(21)34(32,33)30-12-10-20(11-13-30)23(31)29-16-14-28(15-17-29)18-19-6-2-1-3-7-19/h1-9,20H,10-18H2. The molecule has 184 valence electrons. The molecule has 34 heavy (non-hydrogen) atoms. The molecule has 2 aromatic carbocycles. The largest absolute Gasteiger partial charge is 0.417 e. The molecule has 0 unspecified atom stereocenters. The minimum atomic E-state index is -4.76. The summed E-state index contributed by atoms with van der Waals surface area (Å²) < 4.78 is 67.0. The van der Waals surface area contributed by atoms with Crippen LogP contribution in [0, 0.1) is 5.92 Å². The molecule has 10 heteroatoms. The predicted octanol–water partition coefficient (Wildman–Crippen LogP) is 3.45. The number of hydrogen-bond acceptors (Lipinski definition) is 4. The molecule has 2 fully saturated rings. The number of alkyl halides is 3. The van der Waals surface area contributed by atoms with Gasteiger partial charge < -0.3 is 4.90 Å². The van der Waals surface area contributed by atoms with Gasteiger partial charge in [0.25, 0.3) is 0 Å². The Labute approximate surface area is 198 Å². The number of nitrogens with zero attached hydrogens (tertiary/aromatic N) is 3. The summed E-state index contributed by atoms with van der Waals surface area (Å²) in [5.41, 5.74) is 0.0597. The van der Waals surface area contributed by atoms with Crippen molar-refractivity contribution in [1.82, 2.24) is 14.1 Å². The van der Waals surface area contributed by atoms with Gasteiger partial charge in [0.15, 0.2) is 0 Å². The van der Waals surface area contributed by atoms with Crippen LogP contribution in [-0.2, 0) is 27.5 Å². The average Bonchev–Trinajstić information content (AvgIpc) is 2.84. The topological polar surface area (TPSA) is 60.9 Å². The number of benzene rings is 2. The Morgan fingerprint density at radius 3 is 2.06 bits per heavy atom. The van der Waals surface area contributed by atoms with Crippen LogP contribution in [0.25, 0.3) is 0 Å². The van der Waals surface area contributed by atoms with Gasteiger partial charge in [0.1, 0.15) is 0 Å². The first-order valence-corrected chi connectivity index (χ1v) is 12.8. The van der Waals surface area contributed by atoms with Crippen LogP contribution in [0.15, 0.2) is 59.5 Å². The van der Waals surface area contributed by atoms with E-state index >= 15 is 0 Å². The lowest BCUT2D eigenvalue weighted by molar-refractivity contribution is -0.140. The van der Waals surface area contributed by atoms with E-state index < -0.39 is 26.7 Å². The molecule has 0 aliphatic carbocycles. The summed E-state index contributed by atoms with van der Waals surface area (Å²) in [6.45, 7) is 3.65. The third kappa shape index (κ3) is 5.45. The van der Waals surface area contributed by atoms with E-state index in [1.807, 2.05) is 23.1 Å². The highest BCUT2D eigenvalue weighted by Crippen LogP contribution is 2.36. The highest BCUT2D eigenvalue weighted by molar-refractivity contribution is 7.89. The Morgan fingerprint density at radius 1 is 0.853 bits per heavy atom. The molecule has 0 saturated carbocycles. The summed E-state index contributed by atoms with van der Waals surface area (Å²) in [5.74, 6) is -0.308. The normalized spacial score (nSPS) is 19.3. The summed E-state index contributed by atoms with van der Waals surface area (Å²) in [5, 5.41) is 0. The van der Waals surface area contributed by atoms with E-state index in [2.05, 4.69) is 17.0 Å². The van der Waals surface area contributed by atoms with Crippen molar-refractivity contribution in [1.29, 1.82) is 0 Å². The van der Waals surface area contributed by atoms with Gasteiger partial charge in [-0.1, -0.05) is 42.5 Å². The smallest absolute Gasteiger partial charge is 0.340 e. The van der Waals surface area contributed by atoms with Crippen molar-refractivity contribution in [2.75, 3.05) is 39.3 Å². The quantitative estimate of drug-likeness (QED) is 0.638. The van der Waals surface area contributed by atoms with Crippen molar-refractivity contribution >= 4 is 15.9 Å². The van der Waals surface area contributed by atoms with E-state index in [9.17, 15) is 26.4 Å². The highest BCUT2D eigenvalue weighted by Gasteiger charge is 2.40. The maximum Gasteiger partial charge on any atom is 0.417 e. The fraction of sp³-hybridized carbons (Fsp3) is 0.458. The number of carbonyl (C=O) groups is 1. The molecule has 0 N–H and O–H groups in total. The minimum absolute atomic E-state index is 0.00657. The van der Waals surface area contributed by atoms with E-state index in [1.54, 1.807) is 0 Å². The summed E-state index contributed by atoms with van der Waals surface area (Å²) in [6, 6.07) is 14.4. The van der Waals surface area contributed by atoms with Gasteiger partial charge in [0, 0.05) is 51.7 Å². The fourth-order valence-corrected chi connectivity index (χ4v) is 6.32. The molecule has 2 aromatic rings. The van der Waals surface area contributed by atoms with E-state index in [1.165, 1.54) is 17.7 Å². The van der Waals surface area contributed by atoms with E-state index in [-0.39, 0.29) is 24.9 Å². The summed E-state index contributed by atoms with van der Waals surface area (Å²) in [4.78, 5) is 16.4. The zero-order chi connectivity index (χ0) is 24.3. The molecule has 0 bridgehead atoms. The molecule has 2 heterocycles. The SMILES string of the molecule is O=C(C1CCN(S(=O)(=O)c2ccccc2C(F)(F)F)CC1)N1CCN(Cc2ccccc2)CC1. The van der Waals surface area contributed by atoms with E-state index in [0.29, 0.717) is 25.9 Å². The van der Waals surface area contributed by atoms with Gasteiger partial charge in [-0.05, 0) is 30.5 Å². The number of carbonyl (C=O) groups excluding carboxylic acids is 1. The molecular weight excluding hydrogens is 467 g/mol. The van der Waals surface area contributed by atoms with E-state index in [0.717, 1.165) is 36.1 Å². The van der Waals surface area contributed by atoms with Crippen LogP contribution in [-0.4, -0.2) is 67.7 Å². The summed E-state index contributed by atoms with van der Waals surface area (Å²) >= 11 is 0. The number of piperidine rings is 1. The van der Waals surface area contributed by atoms with Gasteiger partial charge >= 0.3 is 6.18 Å². The first kappa shape index (κ1) is 24.7. The average molecular weight is 496 g/mol. The highest BCUT2D eigenvalue weighted by atomic mass is 32.2. The van der Waals surface area contributed by atoms with E-state index in [4.69, 9.17) is 0 Å². The van der Waals surface area contributed by atoms with Crippen molar-refractivity contribution < 1.29 is 26.4 Å². The van der Waals surface area contributed by atoms with Gasteiger partial charge in [0.05, 0.1) is 10.5 Å². The lowest BCUT2D eigenvalue weighted by Gasteiger charge is -2.38. The molecule has 0 aromatic heterocycles. The second kappa shape index (κ2) is 10.1. The zero-order valence-electron chi connectivity index (χ0n) is 18.7. The van der Waals surface area contributed by atoms with Crippen LogP contribution in [0.1, 0.15) is 24.0 Å². The van der Waals surface area contributed by atoms with Crippen LogP contribution in [0.5, 0.6) is 0 Å². The molecule has 2 aliphatic heterocycles. The number of halogens is 3. The molecule has 6 nitrogen and oxygen atoms in total. The Morgan fingerprint density at radius 2 is 1.44 bits per heavy atom. The first-order valence-electron chi connectivity index (χ1n) is 11.4. The van der Waals surface area contributed by atoms with Gasteiger partial charge in [-0.2, -0.15) is 17.5 Å². The number of amides is 1. The molecular formula is C24H28F3N3O3S. The second-order valence-electron chi connectivity index (χ2n) is 8.76. The Bertz CT molecular complexity index is 1090. The van der Waals surface area contributed by atoms with Gasteiger partial charge in [-0.3, -0.25) is 9.69 Å². The summed E-state index contributed by atoms with van der Waals surface area (Å²) in [6.07, 6.45) is -4.16. The second-order valence-corrected chi connectivity index (χ2v) is 10.7. The van der Waals surface area contributed by atoms with Crippen molar-refractivity contribution in [3.63, 3.8) is 0 Å². The Hall–Kier alpha value is -2.43. The van der Waals surface area contributed by atoms with Gasteiger partial charge in [-0.25, -0.2) is 8.42 Å². The Kier molecular flexibility index (Phi) is 7.30. The summed E-state index contributed by atoms with van der Waals surface area (Å²) in [7, 11) is -4.31. The van der Waals surface area contributed by atoms with Gasteiger partial charge in [-0.15, -0.1) is 0 Å². The molecule has 1 amide bonds. The maximum absolute atomic E-state index is 13.3. The number of piperazine rings is 1. The number of sulfonamides is 1. The van der Waals surface area contributed by atoms with Gasteiger partial charge in [0.2, 0.25) is 15.9 Å². The third-order valence-corrected chi connectivity index (χ3v) is 8.50. The Balaban J connectivity index is 1.32. The lowest BCUT2D eigenvalue weighted by Crippen LogP contribution is -2.51. The van der Waals surface area contributed by atoms with Crippen LogP contribution in [0.3, 0.4) is 0 Å². The third-order valence-electron chi connectivity index (χ3n) is 6.55. The zero-order valence-corrected chi connectivity index (χ0v) is 19.6. The monoisotopic (exact) mass is 495 g/mol. The molecule has 2 aliphatic rings.